The molecule has 0 bridgehead atoms. The maximum Gasteiger partial charge on any atom is 0.269 e. The van der Waals surface area contributed by atoms with E-state index in [1.54, 1.807) is 11.8 Å². The van der Waals surface area contributed by atoms with Crippen LogP contribution in [0.5, 0.6) is 0 Å². The van der Waals surface area contributed by atoms with Crippen LogP contribution in [0.15, 0.2) is 28.6 Å². The van der Waals surface area contributed by atoms with Gasteiger partial charge in [-0.05, 0) is 12.5 Å². The van der Waals surface area contributed by atoms with Crippen molar-refractivity contribution in [3.63, 3.8) is 0 Å². The van der Waals surface area contributed by atoms with E-state index in [0.29, 0.717) is 15.0 Å². The Hall–Kier alpha value is -1.15. The summed E-state index contributed by atoms with van der Waals surface area (Å²) < 4.78 is 1.86. The Morgan fingerprint density at radius 3 is 2.91 bits per heavy atom. The predicted molar refractivity (Wildman–Crippen MR) is 95.7 cm³/mol. The molecule has 2 heterocycles. The van der Waals surface area contributed by atoms with Gasteiger partial charge in [-0.25, -0.2) is 0 Å². The van der Waals surface area contributed by atoms with E-state index in [9.17, 15) is 4.79 Å². The van der Waals surface area contributed by atoms with Crippen molar-refractivity contribution in [1.29, 1.82) is 0 Å². The summed E-state index contributed by atoms with van der Waals surface area (Å²) in [7, 11) is 0. The number of anilines is 1. The first kappa shape index (κ1) is 15.7. The lowest BCUT2D eigenvalue weighted by atomic mass is 10.2. The van der Waals surface area contributed by atoms with Crippen molar-refractivity contribution in [1.82, 2.24) is 10.2 Å². The van der Waals surface area contributed by atoms with Gasteiger partial charge in [0.1, 0.15) is 4.88 Å². The summed E-state index contributed by atoms with van der Waals surface area (Å²) in [6, 6.07) is 7.70. The first-order valence-electron chi connectivity index (χ1n) is 6.63. The fourth-order valence-corrected chi connectivity index (χ4v) is 4.91. The monoisotopic (exact) mass is 369 g/mol. The quantitative estimate of drug-likeness (QED) is 0.498. The molecule has 0 atom stereocenters. The smallest absolute Gasteiger partial charge is 0.269 e. The topological polar surface area (TPSA) is 54.9 Å². The van der Waals surface area contributed by atoms with Crippen molar-refractivity contribution in [2.24, 2.45) is 0 Å². The molecule has 1 N–H and O–H groups in total. The van der Waals surface area contributed by atoms with Crippen LogP contribution < -0.4 is 5.32 Å². The number of fused-ring (bicyclic) bond motifs is 1. The molecule has 0 saturated carbocycles. The summed E-state index contributed by atoms with van der Waals surface area (Å²) in [6.07, 6.45) is 1.07. The van der Waals surface area contributed by atoms with Gasteiger partial charge in [0.2, 0.25) is 5.13 Å². The van der Waals surface area contributed by atoms with Crippen LogP contribution in [0.4, 0.5) is 5.13 Å². The Bertz CT molecular complexity index is 815. The minimum Gasteiger partial charge on any atom is -0.296 e. The molecule has 0 aliphatic carbocycles. The van der Waals surface area contributed by atoms with Gasteiger partial charge in [-0.2, -0.15) is 0 Å². The standard InChI is InChI=1S/C14H12ClN3OS3/c1-2-7-20-14-18-17-13(22-14)16-12(19)11-10(15)8-5-3-4-6-9(8)21-11/h3-6H,2,7H2,1H3,(H,16,17,19). The highest BCUT2D eigenvalue weighted by molar-refractivity contribution is 8.01. The van der Waals surface area contributed by atoms with E-state index in [1.807, 2.05) is 24.3 Å². The zero-order valence-corrected chi connectivity index (χ0v) is 14.8. The van der Waals surface area contributed by atoms with Gasteiger partial charge >= 0.3 is 0 Å². The van der Waals surface area contributed by atoms with Crippen molar-refractivity contribution < 1.29 is 4.79 Å². The molecule has 0 unspecified atom stereocenters. The van der Waals surface area contributed by atoms with Crippen LogP contribution in [0.25, 0.3) is 10.1 Å². The molecule has 0 aliphatic heterocycles. The van der Waals surface area contributed by atoms with Crippen molar-refractivity contribution in [3.8, 4) is 0 Å². The van der Waals surface area contributed by atoms with E-state index < -0.39 is 0 Å². The summed E-state index contributed by atoms with van der Waals surface area (Å²) in [4.78, 5) is 12.9. The lowest BCUT2D eigenvalue weighted by Gasteiger charge is -1.98. The minimum atomic E-state index is -0.241. The second kappa shape index (κ2) is 6.95. The summed E-state index contributed by atoms with van der Waals surface area (Å²) in [5.74, 6) is 0.749. The van der Waals surface area contributed by atoms with E-state index in [1.165, 1.54) is 22.7 Å². The second-order valence-corrected chi connectivity index (χ2v) is 8.17. The zero-order chi connectivity index (χ0) is 15.5. The molecule has 0 spiro atoms. The van der Waals surface area contributed by atoms with Gasteiger partial charge in [-0.3, -0.25) is 10.1 Å². The molecule has 3 rings (SSSR count). The number of rotatable bonds is 5. The SMILES string of the molecule is CCCSc1nnc(NC(=O)c2sc3ccccc3c2Cl)s1. The average molecular weight is 370 g/mol. The molecule has 1 amide bonds. The van der Waals surface area contributed by atoms with Gasteiger partial charge in [0.25, 0.3) is 5.91 Å². The highest BCUT2D eigenvalue weighted by atomic mass is 35.5. The van der Waals surface area contributed by atoms with Crippen molar-refractivity contribution >= 4 is 67.2 Å². The maximum absolute atomic E-state index is 12.4. The highest BCUT2D eigenvalue weighted by Crippen LogP contribution is 2.36. The van der Waals surface area contributed by atoms with E-state index in [4.69, 9.17) is 11.6 Å². The van der Waals surface area contributed by atoms with Gasteiger partial charge < -0.3 is 0 Å². The van der Waals surface area contributed by atoms with E-state index >= 15 is 0 Å². The Morgan fingerprint density at radius 1 is 1.32 bits per heavy atom. The van der Waals surface area contributed by atoms with Gasteiger partial charge in [0.05, 0.1) is 5.02 Å². The minimum absolute atomic E-state index is 0.241. The number of amides is 1. The number of nitrogens with zero attached hydrogens (tertiary/aromatic N) is 2. The molecular formula is C14H12ClN3OS3. The molecule has 3 aromatic rings. The van der Waals surface area contributed by atoms with Gasteiger partial charge in [0, 0.05) is 15.8 Å². The fraction of sp³-hybridized carbons (Fsp3) is 0.214. The number of halogens is 1. The normalized spacial score (nSPS) is 11.0. The number of nitrogens with one attached hydrogen (secondary N) is 1. The maximum atomic E-state index is 12.4. The van der Waals surface area contributed by atoms with Gasteiger partial charge in [0.15, 0.2) is 4.34 Å². The van der Waals surface area contributed by atoms with Crippen LogP contribution in [0.1, 0.15) is 23.0 Å². The Kier molecular flexibility index (Phi) is 4.97. The third kappa shape index (κ3) is 3.27. The predicted octanol–water partition coefficient (Wildman–Crippen LogP) is 5.16. The zero-order valence-electron chi connectivity index (χ0n) is 11.6. The molecule has 8 heteroatoms. The fourth-order valence-electron chi connectivity index (χ4n) is 1.82. The third-order valence-corrected chi connectivity index (χ3v) is 6.65. The summed E-state index contributed by atoms with van der Waals surface area (Å²) >= 11 is 10.7. The first-order valence-corrected chi connectivity index (χ1v) is 9.63. The van der Waals surface area contributed by atoms with Gasteiger partial charge in [-0.1, -0.05) is 59.8 Å². The molecule has 0 radical (unpaired) electrons. The van der Waals surface area contributed by atoms with Crippen LogP contribution in [0.2, 0.25) is 5.02 Å². The third-order valence-electron chi connectivity index (χ3n) is 2.80. The number of hydrogen-bond donors (Lipinski definition) is 1. The Labute approximate surface area is 144 Å². The number of thiophene rings is 1. The van der Waals surface area contributed by atoms with Crippen LogP contribution in [-0.2, 0) is 0 Å². The molecule has 0 saturated heterocycles. The van der Waals surface area contributed by atoms with Crippen LogP contribution in [-0.4, -0.2) is 21.9 Å². The number of aromatic nitrogens is 2. The van der Waals surface area contributed by atoms with Crippen LogP contribution in [0, 0.1) is 0 Å². The number of hydrogen-bond acceptors (Lipinski definition) is 6. The second-order valence-electron chi connectivity index (χ2n) is 4.42. The van der Waals surface area contributed by atoms with Crippen LogP contribution in [0.3, 0.4) is 0 Å². The molecule has 0 aliphatic rings. The molecule has 1 aromatic carbocycles. The van der Waals surface area contributed by atoms with Crippen molar-refractivity contribution in [2.75, 3.05) is 11.1 Å². The lowest BCUT2D eigenvalue weighted by Crippen LogP contribution is -2.10. The van der Waals surface area contributed by atoms with E-state index in [-0.39, 0.29) is 5.91 Å². The summed E-state index contributed by atoms with van der Waals surface area (Å²) in [5.41, 5.74) is 0. The highest BCUT2D eigenvalue weighted by Gasteiger charge is 2.18. The summed E-state index contributed by atoms with van der Waals surface area (Å²) in [5, 5.41) is 12.7. The lowest BCUT2D eigenvalue weighted by molar-refractivity contribution is 0.103. The molecule has 4 nitrogen and oxygen atoms in total. The van der Waals surface area contributed by atoms with Crippen molar-refractivity contribution in [2.45, 2.75) is 17.7 Å². The number of carbonyl (C=O) groups excluding carboxylic acids is 1. The number of benzene rings is 1. The van der Waals surface area contributed by atoms with Crippen molar-refractivity contribution in [3.05, 3.63) is 34.2 Å². The Balaban J connectivity index is 1.78. The van der Waals surface area contributed by atoms with E-state index in [2.05, 4.69) is 22.4 Å². The average Bonchev–Trinajstić information content (AvgIpc) is 3.10. The molecular weight excluding hydrogens is 358 g/mol. The van der Waals surface area contributed by atoms with Gasteiger partial charge in [-0.15, -0.1) is 21.5 Å². The van der Waals surface area contributed by atoms with Crippen LogP contribution >= 0.6 is 46.0 Å². The summed E-state index contributed by atoms with van der Waals surface area (Å²) in [6.45, 7) is 2.11. The molecule has 0 fully saturated rings. The Morgan fingerprint density at radius 2 is 2.14 bits per heavy atom. The molecule has 114 valence electrons. The number of carbonyl (C=O) groups is 1. The largest absolute Gasteiger partial charge is 0.296 e. The number of thioether (sulfide) groups is 1. The first-order chi connectivity index (χ1) is 10.7. The van der Waals surface area contributed by atoms with E-state index in [0.717, 1.165) is 26.6 Å². The molecule has 2 aromatic heterocycles. The molecule has 22 heavy (non-hydrogen) atoms.